The van der Waals surface area contributed by atoms with Gasteiger partial charge in [0, 0.05) is 11.1 Å². The minimum Gasteiger partial charge on any atom is -0.454 e. The number of rotatable bonds is 7. The largest absolute Gasteiger partial charge is 0.454 e. The van der Waals surface area contributed by atoms with Crippen molar-refractivity contribution in [3.8, 4) is 11.5 Å². The van der Waals surface area contributed by atoms with Crippen LogP contribution in [0.3, 0.4) is 0 Å². The minimum atomic E-state index is -3.81. The Kier molecular flexibility index (Phi) is 6.37. The van der Waals surface area contributed by atoms with Gasteiger partial charge in [0.1, 0.15) is 16.5 Å². The first-order chi connectivity index (χ1) is 11.8. The molecule has 0 bridgehead atoms. The Labute approximate surface area is 150 Å². The van der Waals surface area contributed by atoms with Gasteiger partial charge in [-0.3, -0.25) is 0 Å². The maximum atomic E-state index is 14.3. The van der Waals surface area contributed by atoms with Crippen molar-refractivity contribution in [2.45, 2.75) is 24.7 Å². The van der Waals surface area contributed by atoms with E-state index in [1.165, 1.54) is 12.1 Å². The minimum absolute atomic E-state index is 0.0442. The predicted octanol–water partition coefficient (Wildman–Crippen LogP) is 4.10. The van der Waals surface area contributed by atoms with Crippen molar-refractivity contribution in [3.05, 3.63) is 52.6 Å². The summed E-state index contributed by atoms with van der Waals surface area (Å²) in [7, 11) is -3.81. The zero-order valence-corrected chi connectivity index (χ0v) is 15.1. The summed E-state index contributed by atoms with van der Waals surface area (Å²) in [6.45, 7) is 1.87. The van der Waals surface area contributed by atoms with Gasteiger partial charge < -0.3 is 10.5 Å². The van der Waals surface area contributed by atoms with Crippen molar-refractivity contribution in [1.29, 1.82) is 0 Å². The van der Waals surface area contributed by atoms with Crippen LogP contribution in [0.5, 0.6) is 11.5 Å². The van der Waals surface area contributed by atoms with E-state index in [0.29, 0.717) is 12.0 Å². The molecule has 2 N–H and O–H groups in total. The maximum Gasteiger partial charge on any atom is 0.181 e. The van der Waals surface area contributed by atoms with Gasteiger partial charge in [0.25, 0.3) is 0 Å². The molecule has 136 valence electrons. The lowest BCUT2D eigenvalue weighted by atomic mass is 10.1. The molecule has 8 heteroatoms. The van der Waals surface area contributed by atoms with E-state index in [0.717, 1.165) is 18.2 Å². The SMILES string of the molecule is CCCS(=O)(=O)c1cc(Oc2ccc(Cl)cc2F)c(CCN)cc1F. The highest BCUT2D eigenvalue weighted by molar-refractivity contribution is 7.91. The lowest BCUT2D eigenvalue weighted by Crippen LogP contribution is -2.11. The van der Waals surface area contributed by atoms with Crippen LogP contribution in [0.15, 0.2) is 35.2 Å². The number of ether oxygens (including phenoxy) is 1. The van der Waals surface area contributed by atoms with Crippen LogP contribution in [0.2, 0.25) is 5.02 Å². The van der Waals surface area contributed by atoms with Crippen molar-refractivity contribution in [3.63, 3.8) is 0 Å². The van der Waals surface area contributed by atoms with Crippen molar-refractivity contribution in [2.75, 3.05) is 12.3 Å². The van der Waals surface area contributed by atoms with E-state index < -0.39 is 26.4 Å². The fourth-order valence-electron chi connectivity index (χ4n) is 2.32. The van der Waals surface area contributed by atoms with Gasteiger partial charge >= 0.3 is 0 Å². The van der Waals surface area contributed by atoms with Crippen LogP contribution in [0.4, 0.5) is 8.78 Å². The Balaban J connectivity index is 2.53. The number of benzene rings is 2. The van der Waals surface area contributed by atoms with Gasteiger partial charge in [-0.15, -0.1) is 0 Å². The molecule has 2 aromatic rings. The molecule has 0 amide bonds. The molecule has 2 aromatic carbocycles. The van der Waals surface area contributed by atoms with Crippen LogP contribution in [0, 0.1) is 11.6 Å². The summed E-state index contributed by atoms with van der Waals surface area (Å²) < 4.78 is 58.2. The van der Waals surface area contributed by atoms with Gasteiger partial charge in [0.15, 0.2) is 21.4 Å². The van der Waals surface area contributed by atoms with Gasteiger partial charge in [-0.05, 0) is 49.2 Å². The third-order valence-electron chi connectivity index (χ3n) is 3.45. The Morgan fingerprint density at radius 3 is 2.44 bits per heavy atom. The highest BCUT2D eigenvalue weighted by Gasteiger charge is 2.22. The van der Waals surface area contributed by atoms with Crippen LogP contribution in [-0.4, -0.2) is 20.7 Å². The molecule has 0 fully saturated rings. The van der Waals surface area contributed by atoms with Crippen LogP contribution in [0.1, 0.15) is 18.9 Å². The lowest BCUT2D eigenvalue weighted by Gasteiger charge is -2.14. The molecule has 2 rings (SSSR count). The summed E-state index contributed by atoms with van der Waals surface area (Å²) in [4.78, 5) is -0.473. The molecule has 0 aliphatic heterocycles. The van der Waals surface area contributed by atoms with Crippen LogP contribution >= 0.6 is 11.6 Å². The lowest BCUT2D eigenvalue weighted by molar-refractivity contribution is 0.433. The second-order valence-electron chi connectivity index (χ2n) is 5.42. The monoisotopic (exact) mass is 389 g/mol. The molecule has 0 radical (unpaired) electrons. The Hall–Kier alpha value is -1.70. The fraction of sp³-hybridized carbons (Fsp3) is 0.294. The molecular weight excluding hydrogens is 372 g/mol. The topological polar surface area (TPSA) is 69.4 Å². The van der Waals surface area contributed by atoms with E-state index in [-0.39, 0.29) is 35.2 Å². The number of halogens is 3. The van der Waals surface area contributed by atoms with Gasteiger partial charge in [-0.1, -0.05) is 18.5 Å². The summed E-state index contributed by atoms with van der Waals surface area (Å²) in [5.74, 6) is -1.89. The average Bonchev–Trinajstić information content (AvgIpc) is 2.52. The number of hydrogen-bond donors (Lipinski definition) is 1. The van der Waals surface area contributed by atoms with Crippen molar-refractivity contribution in [2.24, 2.45) is 5.73 Å². The van der Waals surface area contributed by atoms with E-state index >= 15 is 0 Å². The van der Waals surface area contributed by atoms with Crippen LogP contribution in [0.25, 0.3) is 0 Å². The van der Waals surface area contributed by atoms with Gasteiger partial charge in [0.05, 0.1) is 5.75 Å². The standard InChI is InChI=1S/C17H18ClF2NO3S/c1-2-7-25(22,23)17-10-16(11(5-6-21)8-14(17)20)24-15-4-3-12(18)9-13(15)19/h3-4,8-10H,2,5-7,21H2,1H3. The molecule has 0 saturated carbocycles. The predicted molar refractivity (Wildman–Crippen MR) is 93.0 cm³/mol. The van der Waals surface area contributed by atoms with Gasteiger partial charge in [-0.25, -0.2) is 17.2 Å². The summed E-state index contributed by atoms with van der Waals surface area (Å²) in [5.41, 5.74) is 5.86. The zero-order chi connectivity index (χ0) is 18.6. The Morgan fingerprint density at radius 1 is 1.12 bits per heavy atom. The number of nitrogens with two attached hydrogens (primary N) is 1. The summed E-state index contributed by atoms with van der Waals surface area (Å²) in [6, 6.07) is 5.96. The second-order valence-corrected chi connectivity index (χ2v) is 7.94. The van der Waals surface area contributed by atoms with E-state index in [1.807, 2.05) is 0 Å². The molecule has 0 unspecified atom stereocenters. The quantitative estimate of drug-likeness (QED) is 0.774. The highest BCUT2D eigenvalue weighted by atomic mass is 35.5. The first-order valence-corrected chi connectivity index (χ1v) is 9.69. The molecule has 25 heavy (non-hydrogen) atoms. The average molecular weight is 390 g/mol. The van der Waals surface area contributed by atoms with E-state index in [1.54, 1.807) is 6.92 Å². The van der Waals surface area contributed by atoms with Crippen molar-refractivity contribution in [1.82, 2.24) is 0 Å². The summed E-state index contributed by atoms with van der Waals surface area (Å²) in [5, 5.41) is 0.192. The smallest absolute Gasteiger partial charge is 0.181 e. The molecule has 0 heterocycles. The number of hydrogen-bond acceptors (Lipinski definition) is 4. The van der Waals surface area contributed by atoms with E-state index in [4.69, 9.17) is 22.1 Å². The maximum absolute atomic E-state index is 14.3. The number of sulfone groups is 1. The normalized spacial score (nSPS) is 11.6. The third kappa shape index (κ3) is 4.68. The van der Waals surface area contributed by atoms with Crippen molar-refractivity contribution >= 4 is 21.4 Å². The van der Waals surface area contributed by atoms with Crippen molar-refractivity contribution < 1.29 is 21.9 Å². The molecule has 0 aliphatic rings. The Morgan fingerprint density at radius 2 is 1.84 bits per heavy atom. The fourth-order valence-corrected chi connectivity index (χ4v) is 3.87. The molecule has 4 nitrogen and oxygen atoms in total. The molecule has 0 atom stereocenters. The molecule has 0 saturated heterocycles. The first-order valence-electron chi connectivity index (χ1n) is 7.66. The first kappa shape index (κ1) is 19.6. The van der Waals surface area contributed by atoms with Crippen LogP contribution in [-0.2, 0) is 16.3 Å². The summed E-state index contributed by atoms with van der Waals surface area (Å²) in [6.07, 6.45) is 0.587. The summed E-state index contributed by atoms with van der Waals surface area (Å²) >= 11 is 5.70. The highest BCUT2D eigenvalue weighted by Crippen LogP contribution is 2.33. The van der Waals surface area contributed by atoms with E-state index in [2.05, 4.69) is 0 Å². The van der Waals surface area contributed by atoms with Crippen LogP contribution < -0.4 is 10.5 Å². The molecule has 0 aromatic heterocycles. The van der Waals surface area contributed by atoms with Gasteiger partial charge in [-0.2, -0.15) is 0 Å². The molecular formula is C17H18ClF2NO3S. The molecule has 0 spiro atoms. The van der Waals surface area contributed by atoms with Gasteiger partial charge in [0.2, 0.25) is 0 Å². The second kappa shape index (κ2) is 8.12. The Bertz CT molecular complexity index is 872. The van der Waals surface area contributed by atoms with E-state index in [9.17, 15) is 17.2 Å². The zero-order valence-electron chi connectivity index (χ0n) is 13.6. The third-order valence-corrected chi connectivity index (χ3v) is 5.61. The molecule has 0 aliphatic carbocycles.